The Balaban J connectivity index is 1.75. The molecule has 0 fully saturated rings. The summed E-state index contributed by atoms with van der Waals surface area (Å²) in [7, 11) is 0. The lowest BCUT2D eigenvalue weighted by Gasteiger charge is -2.14. The number of para-hydroxylation sites is 3. The van der Waals surface area contributed by atoms with Crippen LogP contribution in [0.2, 0.25) is 0 Å². The summed E-state index contributed by atoms with van der Waals surface area (Å²) < 4.78 is 8.16. The van der Waals surface area contributed by atoms with E-state index in [1.807, 2.05) is 62.4 Å². The molecule has 0 aliphatic carbocycles. The van der Waals surface area contributed by atoms with E-state index in [1.165, 1.54) is 0 Å². The van der Waals surface area contributed by atoms with E-state index >= 15 is 0 Å². The van der Waals surface area contributed by atoms with Crippen LogP contribution in [-0.2, 0) is 24.3 Å². The molecule has 0 spiro atoms. The van der Waals surface area contributed by atoms with Gasteiger partial charge in [-0.1, -0.05) is 50.3 Å². The highest BCUT2D eigenvalue weighted by Crippen LogP contribution is 2.20. The average Bonchev–Trinajstić information content (AvgIpc) is 3.05. The molecule has 0 bridgehead atoms. The minimum atomic E-state index is -0.0532. The van der Waals surface area contributed by atoms with Crippen molar-refractivity contribution in [2.24, 2.45) is 5.92 Å². The molecule has 1 amide bonds. The fourth-order valence-corrected chi connectivity index (χ4v) is 3.10. The Morgan fingerprint density at radius 1 is 1.21 bits per heavy atom. The van der Waals surface area contributed by atoms with Gasteiger partial charge in [-0.2, -0.15) is 0 Å². The van der Waals surface area contributed by atoms with Crippen LogP contribution in [0.15, 0.2) is 61.2 Å². The van der Waals surface area contributed by atoms with E-state index in [-0.39, 0.29) is 11.8 Å². The van der Waals surface area contributed by atoms with E-state index in [4.69, 9.17) is 9.72 Å². The van der Waals surface area contributed by atoms with Gasteiger partial charge in [0, 0.05) is 5.92 Å². The van der Waals surface area contributed by atoms with E-state index in [9.17, 15) is 4.79 Å². The van der Waals surface area contributed by atoms with Crippen molar-refractivity contribution < 1.29 is 9.53 Å². The van der Waals surface area contributed by atoms with Gasteiger partial charge in [-0.3, -0.25) is 4.79 Å². The van der Waals surface area contributed by atoms with Crippen molar-refractivity contribution in [1.29, 1.82) is 0 Å². The zero-order valence-corrected chi connectivity index (χ0v) is 16.5. The number of rotatable bonds is 9. The predicted octanol–water partition coefficient (Wildman–Crippen LogP) is 4.12. The highest BCUT2D eigenvalue weighted by Gasteiger charge is 2.13. The second kappa shape index (κ2) is 9.22. The lowest BCUT2D eigenvalue weighted by Crippen LogP contribution is -2.28. The number of ether oxygens (including phenoxy) is 1. The van der Waals surface area contributed by atoms with Crippen LogP contribution in [0, 0.1) is 5.92 Å². The van der Waals surface area contributed by atoms with E-state index in [1.54, 1.807) is 0 Å². The first-order valence-electron chi connectivity index (χ1n) is 9.63. The van der Waals surface area contributed by atoms with Gasteiger partial charge >= 0.3 is 0 Å². The predicted molar refractivity (Wildman–Crippen MR) is 112 cm³/mol. The van der Waals surface area contributed by atoms with Gasteiger partial charge in [0.15, 0.2) is 0 Å². The number of carbonyl (C=O) groups excluding carboxylic acids is 1. The van der Waals surface area contributed by atoms with Crippen LogP contribution in [0.25, 0.3) is 11.0 Å². The molecule has 3 aromatic rings. The molecule has 5 heteroatoms. The van der Waals surface area contributed by atoms with Crippen molar-refractivity contribution >= 4 is 16.9 Å². The van der Waals surface area contributed by atoms with Gasteiger partial charge in [0.1, 0.15) is 18.2 Å². The van der Waals surface area contributed by atoms with Crippen molar-refractivity contribution in [2.45, 2.75) is 33.4 Å². The molecule has 3 rings (SSSR count). The molecule has 146 valence electrons. The van der Waals surface area contributed by atoms with Crippen molar-refractivity contribution in [3.8, 4) is 5.75 Å². The minimum absolute atomic E-state index is 0.0215. The lowest BCUT2D eigenvalue weighted by molar-refractivity contribution is -0.124. The maximum absolute atomic E-state index is 12.0. The number of imidazole rings is 1. The zero-order chi connectivity index (χ0) is 19.9. The largest absolute Gasteiger partial charge is 0.491 e. The number of carbonyl (C=O) groups is 1. The van der Waals surface area contributed by atoms with Gasteiger partial charge in [0.25, 0.3) is 0 Å². The number of hydrogen-bond donors (Lipinski definition) is 1. The maximum Gasteiger partial charge on any atom is 0.222 e. The second-order valence-corrected chi connectivity index (χ2v) is 6.99. The third-order valence-electron chi connectivity index (χ3n) is 4.59. The Morgan fingerprint density at radius 3 is 2.75 bits per heavy atom. The first-order chi connectivity index (χ1) is 13.6. The third kappa shape index (κ3) is 4.60. The molecular weight excluding hydrogens is 350 g/mol. The molecule has 5 nitrogen and oxygen atoms in total. The van der Waals surface area contributed by atoms with Crippen molar-refractivity contribution in [3.05, 3.63) is 72.6 Å². The Hall–Kier alpha value is -3.08. The third-order valence-corrected chi connectivity index (χ3v) is 4.59. The van der Waals surface area contributed by atoms with E-state index < -0.39 is 0 Å². The first-order valence-corrected chi connectivity index (χ1v) is 9.63. The van der Waals surface area contributed by atoms with Gasteiger partial charge < -0.3 is 14.6 Å². The van der Waals surface area contributed by atoms with Crippen LogP contribution in [0.1, 0.15) is 25.2 Å². The second-order valence-electron chi connectivity index (χ2n) is 6.99. The molecule has 0 saturated heterocycles. The van der Waals surface area contributed by atoms with Gasteiger partial charge in [0.05, 0.1) is 24.1 Å². The number of hydrogen-bond acceptors (Lipinski definition) is 3. The molecule has 0 aliphatic rings. The summed E-state index contributed by atoms with van der Waals surface area (Å²) in [5.41, 5.74) is 3.08. The molecule has 28 heavy (non-hydrogen) atoms. The van der Waals surface area contributed by atoms with E-state index in [0.717, 1.165) is 34.6 Å². The van der Waals surface area contributed by atoms with Crippen molar-refractivity contribution in [2.75, 3.05) is 6.61 Å². The number of aromatic nitrogens is 2. The van der Waals surface area contributed by atoms with Gasteiger partial charge in [-0.15, -0.1) is 6.58 Å². The lowest BCUT2D eigenvalue weighted by atomic mass is 10.1. The molecule has 1 heterocycles. The highest BCUT2D eigenvalue weighted by molar-refractivity contribution is 5.78. The summed E-state index contributed by atoms with van der Waals surface area (Å²) >= 11 is 0. The maximum atomic E-state index is 12.0. The molecule has 0 aliphatic heterocycles. The summed E-state index contributed by atoms with van der Waals surface area (Å²) in [6, 6.07) is 16.0. The fourth-order valence-electron chi connectivity index (χ4n) is 3.10. The topological polar surface area (TPSA) is 56.1 Å². The Kier molecular flexibility index (Phi) is 6.48. The fraction of sp³-hybridized carbons (Fsp3) is 0.304. The molecule has 1 N–H and O–H groups in total. The zero-order valence-electron chi connectivity index (χ0n) is 16.5. The quantitative estimate of drug-likeness (QED) is 0.571. The van der Waals surface area contributed by atoms with Crippen LogP contribution in [0.5, 0.6) is 5.75 Å². The van der Waals surface area contributed by atoms with E-state index in [0.29, 0.717) is 19.7 Å². The summed E-state index contributed by atoms with van der Waals surface area (Å²) in [5, 5.41) is 2.96. The number of nitrogens with zero attached hydrogens (tertiary/aromatic N) is 2. The summed E-state index contributed by atoms with van der Waals surface area (Å²) in [4.78, 5) is 16.7. The number of nitrogens with one attached hydrogen (secondary N) is 1. The SMILES string of the molecule is C=CCc1ccccc1OCCn1c(CNC(=O)C(C)C)nc2ccccc21. The standard InChI is InChI=1S/C23H27N3O2/c1-4-9-18-10-5-8-13-21(18)28-15-14-26-20-12-7-6-11-19(20)25-22(26)16-24-23(27)17(2)3/h4-8,10-13,17H,1,9,14-16H2,2-3H3,(H,24,27). The Morgan fingerprint density at radius 2 is 1.96 bits per heavy atom. The molecule has 0 saturated carbocycles. The first kappa shape index (κ1) is 19.7. The Labute approximate surface area is 166 Å². The number of amides is 1. The van der Waals surface area contributed by atoms with Crippen molar-refractivity contribution in [1.82, 2.24) is 14.9 Å². The van der Waals surface area contributed by atoms with Crippen LogP contribution < -0.4 is 10.1 Å². The highest BCUT2D eigenvalue weighted by atomic mass is 16.5. The number of fused-ring (bicyclic) bond motifs is 1. The number of allylic oxidation sites excluding steroid dienone is 1. The monoisotopic (exact) mass is 377 g/mol. The molecule has 0 radical (unpaired) electrons. The van der Waals surface area contributed by atoms with Crippen LogP contribution in [0.3, 0.4) is 0 Å². The summed E-state index contributed by atoms with van der Waals surface area (Å²) in [6.45, 7) is 9.14. The van der Waals surface area contributed by atoms with Gasteiger partial charge in [0.2, 0.25) is 5.91 Å². The normalized spacial score (nSPS) is 11.0. The molecular formula is C23H27N3O2. The summed E-state index contributed by atoms with van der Waals surface area (Å²) in [6.07, 6.45) is 2.65. The Bertz CT molecular complexity index is 959. The number of benzene rings is 2. The molecule has 1 aromatic heterocycles. The molecule has 0 atom stereocenters. The van der Waals surface area contributed by atoms with Crippen LogP contribution in [0.4, 0.5) is 0 Å². The minimum Gasteiger partial charge on any atom is -0.491 e. The van der Waals surface area contributed by atoms with Gasteiger partial charge in [-0.25, -0.2) is 4.98 Å². The van der Waals surface area contributed by atoms with Crippen molar-refractivity contribution in [3.63, 3.8) is 0 Å². The molecule has 0 unspecified atom stereocenters. The van der Waals surface area contributed by atoms with Gasteiger partial charge in [-0.05, 0) is 30.2 Å². The summed E-state index contributed by atoms with van der Waals surface area (Å²) in [5.74, 6) is 1.68. The van der Waals surface area contributed by atoms with E-state index in [2.05, 4.69) is 22.5 Å². The van der Waals surface area contributed by atoms with Crippen LogP contribution in [-0.4, -0.2) is 22.1 Å². The van der Waals surface area contributed by atoms with Crippen LogP contribution >= 0.6 is 0 Å². The average molecular weight is 377 g/mol. The smallest absolute Gasteiger partial charge is 0.222 e. The molecule has 2 aromatic carbocycles.